The fourth-order valence-corrected chi connectivity index (χ4v) is 1.46. The molecule has 0 aromatic heterocycles. The highest BCUT2D eigenvalue weighted by molar-refractivity contribution is 5.67. The van der Waals surface area contributed by atoms with Gasteiger partial charge in [0.2, 0.25) is 0 Å². The standard InChI is InChI=1S/C11H13F2NO3/c1-17-5-6-2-3-7(11(13)10(6)12)8(14)4-9(15)16/h2-3,8H,4-5,14H2,1H3,(H,15,16). The summed E-state index contributed by atoms with van der Waals surface area (Å²) in [6.45, 7) is -0.0583. The maximum absolute atomic E-state index is 13.6. The molecule has 1 aromatic rings. The molecule has 0 aliphatic rings. The number of carbonyl (C=O) groups is 1. The van der Waals surface area contributed by atoms with Crippen LogP contribution in [0.25, 0.3) is 0 Å². The zero-order valence-electron chi connectivity index (χ0n) is 9.24. The van der Waals surface area contributed by atoms with E-state index in [4.69, 9.17) is 15.6 Å². The van der Waals surface area contributed by atoms with E-state index in [1.54, 1.807) is 0 Å². The molecule has 0 fully saturated rings. The molecule has 1 unspecified atom stereocenters. The number of hydrogen-bond acceptors (Lipinski definition) is 3. The van der Waals surface area contributed by atoms with Crippen molar-refractivity contribution in [3.05, 3.63) is 34.9 Å². The van der Waals surface area contributed by atoms with Crippen LogP contribution in [0.4, 0.5) is 8.78 Å². The Bertz CT molecular complexity index is 423. The van der Waals surface area contributed by atoms with Crippen molar-refractivity contribution < 1.29 is 23.4 Å². The van der Waals surface area contributed by atoms with E-state index in [0.717, 1.165) is 0 Å². The van der Waals surface area contributed by atoms with E-state index >= 15 is 0 Å². The van der Waals surface area contributed by atoms with Crippen molar-refractivity contribution >= 4 is 5.97 Å². The van der Waals surface area contributed by atoms with Gasteiger partial charge in [0.1, 0.15) is 0 Å². The Labute approximate surface area is 97.0 Å². The molecule has 17 heavy (non-hydrogen) atoms. The molecule has 3 N–H and O–H groups in total. The van der Waals surface area contributed by atoms with Gasteiger partial charge in [0.25, 0.3) is 0 Å². The van der Waals surface area contributed by atoms with Crippen LogP contribution in [0.2, 0.25) is 0 Å². The number of methoxy groups -OCH3 is 1. The molecule has 4 nitrogen and oxygen atoms in total. The van der Waals surface area contributed by atoms with E-state index in [2.05, 4.69) is 0 Å². The Kier molecular flexibility index (Phi) is 4.53. The number of hydrogen-bond donors (Lipinski definition) is 2. The number of carboxylic acid groups (broad SMARTS) is 1. The molecule has 0 aliphatic heterocycles. The molecule has 1 aromatic carbocycles. The maximum atomic E-state index is 13.6. The number of aliphatic carboxylic acids is 1. The Morgan fingerprint density at radius 3 is 2.65 bits per heavy atom. The zero-order chi connectivity index (χ0) is 13.0. The Hall–Kier alpha value is -1.53. The van der Waals surface area contributed by atoms with E-state index in [-0.39, 0.29) is 17.7 Å². The maximum Gasteiger partial charge on any atom is 0.305 e. The lowest BCUT2D eigenvalue weighted by atomic mass is 10.0. The second-order valence-electron chi connectivity index (χ2n) is 3.58. The van der Waals surface area contributed by atoms with E-state index in [9.17, 15) is 13.6 Å². The Morgan fingerprint density at radius 1 is 1.47 bits per heavy atom. The van der Waals surface area contributed by atoms with Crippen molar-refractivity contribution in [1.29, 1.82) is 0 Å². The topological polar surface area (TPSA) is 72.5 Å². The molecule has 94 valence electrons. The molecule has 0 saturated heterocycles. The highest BCUT2D eigenvalue weighted by Crippen LogP contribution is 2.23. The van der Waals surface area contributed by atoms with Crippen LogP contribution in [-0.4, -0.2) is 18.2 Å². The predicted octanol–water partition coefficient (Wildman–Crippen LogP) is 1.59. The van der Waals surface area contributed by atoms with Crippen molar-refractivity contribution in [2.75, 3.05) is 7.11 Å². The summed E-state index contributed by atoms with van der Waals surface area (Å²) in [7, 11) is 1.36. The van der Waals surface area contributed by atoms with E-state index in [1.807, 2.05) is 0 Å². The fraction of sp³-hybridized carbons (Fsp3) is 0.364. The van der Waals surface area contributed by atoms with Crippen LogP contribution in [0.1, 0.15) is 23.6 Å². The van der Waals surface area contributed by atoms with E-state index < -0.39 is 30.1 Å². The quantitative estimate of drug-likeness (QED) is 0.826. The third-order valence-electron chi connectivity index (χ3n) is 2.29. The lowest BCUT2D eigenvalue weighted by Gasteiger charge is -2.12. The monoisotopic (exact) mass is 245 g/mol. The molecule has 0 radical (unpaired) electrons. The highest BCUT2D eigenvalue weighted by Gasteiger charge is 2.19. The van der Waals surface area contributed by atoms with Crippen LogP contribution in [0.5, 0.6) is 0 Å². The molecule has 0 heterocycles. The normalized spacial score (nSPS) is 12.5. The molecule has 0 bridgehead atoms. The van der Waals surface area contributed by atoms with Crippen LogP contribution in [0, 0.1) is 11.6 Å². The second kappa shape index (κ2) is 5.70. The lowest BCUT2D eigenvalue weighted by molar-refractivity contribution is -0.137. The van der Waals surface area contributed by atoms with Gasteiger partial charge < -0.3 is 15.6 Å². The number of halogens is 2. The molecule has 0 aliphatic carbocycles. The van der Waals surface area contributed by atoms with Crippen molar-refractivity contribution in [3.8, 4) is 0 Å². The first-order chi connectivity index (χ1) is 7.97. The summed E-state index contributed by atoms with van der Waals surface area (Å²) in [4.78, 5) is 10.4. The largest absolute Gasteiger partial charge is 0.481 e. The third-order valence-corrected chi connectivity index (χ3v) is 2.29. The first-order valence-electron chi connectivity index (χ1n) is 4.90. The van der Waals surface area contributed by atoms with Crippen molar-refractivity contribution in [1.82, 2.24) is 0 Å². The van der Waals surface area contributed by atoms with Crippen LogP contribution < -0.4 is 5.73 Å². The zero-order valence-corrected chi connectivity index (χ0v) is 9.24. The summed E-state index contributed by atoms with van der Waals surface area (Å²) in [5.41, 5.74) is 5.39. The summed E-state index contributed by atoms with van der Waals surface area (Å²) >= 11 is 0. The molecule has 0 spiro atoms. The van der Waals surface area contributed by atoms with Gasteiger partial charge in [-0.25, -0.2) is 8.78 Å². The molecular weight excluding hydrogens is 232 g/mol. The molecule has 0 saturated carbocycles. The van der Waals surface area contributed by atoms with Crippen LogP contribution >= 0.6 is 0 Å². The van der Waals surface area contributed by atoms with Gasteiger partial charge in [0.15, 0.2) is 11.6 Å². The lowest BCUT2D eigenvalue weighted by Crippen LogP contribution is -2.17. The number of ether oxygens (including phenoxy) is 1. The second-order valence-corrected chi connectivity index (χ2v) is 3.58. The summed E-state index contributed by atoms with van der Waals surface area (Å²) in [5, 5.41) is 8.53. The van der Waals surface area contributed by atoms with Crippen molar-refractivity contribution in [3.63, 3.8) is 0 Å². The Balaban J connectivity index is 3.03. The van der Waals surface area contributed by atoms with Gasteiger partial charge in [0.05, 0.1) is 13.0 Å². The minimum Gasteiger partial charge on any atom is -0.481 e. The van der Waals surface area contributed by atoms with Gasteiger partial charge in [-0.2, -0.15) is 0 Å². The van der Waals surface area contributed by atoms with Gasteiger partial charge in [0, 0.05) is 24.3 Å². The number of rotatable bonds is 5. The summed E-state index contributed by atoms with van der Waals surface area (Å²) < 4.78 is 31.8. The minimum absolute atomic E-state index is 0.0583. The van der Waals surface area contributed by atoms with Crippen LogP contribution in [0.3, 0.4) is 0 Å². The smallest absolute Gasteiger partial charge is 0.305 e. The molecule has 1 atom stereocenters. The van der Waals surface area contributed by atoms with Crippen LogP contribution in [0.15, 0.2) is 12.1 Å². The van der Waals surface area contributed by atoms with E-state index in [0.29, 0.717) is 0 Å². The number of carboxylic acids is 1. The number of nitrogens with two attached hydrogens (primary N) is 1. The first kappa shape index (κ1) is 13.5. The van der Waals surface area contributed by atoms with E-state index in [1.165, 1.54) is 19.2 Å². The van der Waals surface area contributed by atoms with Gasteiger partial charge >= 0.3 is 5.97 Å². The molecule has 0 amide bonds. The van der Waals surface area contributed by atoms with Gasteiger partial charge in [-0.1, -0.05) is 12.1 Å². The summed E-state index contributed by atoms with van der Waals surface area (Å²) in [6, 6.07) is 1.54. The highest BCUT2D eigenvalue weighted by atomic mass is 19.2. The summed E-state index contributed by atoms with van der Waals surface area (Å²) in [5.74, 6) is -3.34. The van der Waals surface area contributed by atoms with Crippen molar-refractivity contribution in [2.24, 2.45) is 5.73 Å². The third kappa shape index (κ3) is 3.21. The predicted molar refractivity (Wildman–Crippen MR) is 56.3 cm³/mol. The van der Waals surface area contributed by atoms with Crippen molar-refractivity contribution in [2.45, 2.75) is 19.1 Å². The molecule has 1 rings (SSSR count). The SMILES string of the molecule is COCc1ccc(C(N)CC(=O)O)c(F)c1F. The minimum atomic E-state index is -1.17. The van der Waals surface area contributed by atoms with Gasteiger partial charge in [-0.15, -0.1) is 0 Å². The van der Waals surface area contributed by atoms with Gasteiger partial charge in [-0.3, -0.25) is 4.79 Å². The average molecular weight is 245 g/mol. The first-order valence-corrected chi connectivity index (χ1v) is 4.90. The van der Waals surface area contributed by atoms with Crippen LogP contribution in [-0.2, 0) is 16.1 Å². The fourth-order valence-electron chi connectivity index (χ4n) is 1.46. The summed E-state index contributed by atoms with van der Waals surface area (Å²) in [6.07, 6.45) is -0.458. The molecule has 6 heteroatoms. The molecular formula is C11H13F2NO3. The number of benzene rings is 1. The van der Waals surface area contributed by atoms with Gasteiger partial charge in [-0.05, 0) is 0 Å². The Morgan fingerprint density at radius 2 is 2.12 bits per heavy atom. The average Bonchev–Trinajstić information content (AvgIpc) is 2.24.